The van der Waals surface area contributed by atoms with Crippen molar-refractivity contribution in [1.29, 1.82) is 0 Å². The van der Waals surface area contributed by atoms with Crippen LogP contribution in [0.1, 0.15) is 33.2 Å². The first-order valence-corrected chi connectivity index (χ1v) is 5.79. The van der Waals surface area contributed by atoms with Gasteiger partial charge in [-0.2, -0.15) is 0 Å². The molecule has 0 saturated carbocycles. The van der Waals surface area contributed by atoms with Crippen LogP contribution >= 0.6 is 11.3 Å². The van der Waals surface area contributed by atoms with E-state index in [1.54, 1.807) is 6.92 Å². The lowest BCUT2D eigenvalue weighted by molar-refractivity contribution is 0.0701. The molecule has 1 N–H and O–H groups in total. The molecule has 1 aromatic heterocycles. The minimum absolute atomic E-state index is 0.234. The van der Waals surface area contributed by atoms with E-state index in [1.165, 1.54) is 11.3 Å². The number of thiazole rings is 1. The predicted molar refractivity (Wildman–Crippen MR) is 56.5 cm³/mol. The molecular formula is C10H13NO3S. The molecule has 0 aliphatic carbocycles. The summed E-state index contributed by atoms with van der Waals surface area (Å²) in [6.45, 7) is 2.56. The van der Waals surface area contributed by atoms with Crippen molar-refractivity contribution < 1.29 is 14.6 Å². The second-order valence-electron chi connectivity index (χ2n) is 3.67. The molecule has 1 aliphatic heterocycles. The lowest BCUT2D eigenvalue weighted by atomic mass is 10.2. The Morgan fingerprint density at radius 1 is 1.73 bits per heavy atom. The molecule has 5 heteroatoms. The van der Waals surface area contributed by atoms with E-state index in [1.807, 2.05) is 0 Å². The van der Waals surface area contributed by atoms with Crippen LogP contribution < -0.4 is 0 Å². The van der Waals surface area contributed by atoms with Gasteiger partial charge in [-0.3, -0.25) is 0 Å². The molecule has 1 unspecified atom stereocenters. The van der Waals surface area contributed by atoms with Gasteiger partial charge in [0.05, 0.1) is 16.8 Å². The largest absolute Gasteiger partial charge is 0.477 e. The maximum absolute atomic E-state index is 10.8. The fourth-order valence-electron chi connectivity index (χ4n) is 1.74. The van der Waals surface area contributed by atoms with E-state index in [-0.39, 0.29) is 6.10 Å². The average Bonchev–Trinajstić information content (AvgIpc) is 2.75. The van der Waals surface area contributed by atoms with Crippen molar-refractivity contribution in [1.82, 2.24) is 4.98 Å². The molecule has 0 aromatic carbocycles. The third-order valence-corrected chi connectivity index (χ3v) is 3.63. The van der Waals surface area contributed by atoms with E-state index < -0.39 is 5.97 Å². The molecule has 1 aliphatic rings. The molecule has 1 atom stereocenters. The van der Waals surface area contributed by atoms with Gasteiger partial charge in [-0.1, -0.05) is 0 Å². The summed E-state index contributed by atoms with van der Waals surface area (Å²) < 4.78 is 5.49. The van der Waals surface area contributed by atoms with Crippen LogP contribution in [0.2, 0.25) is 0 Å². The summed E-state index contributed by atoms with van der Waals surface area (Å²) in [4.78, 5) is 15.4. The molecule has 0 radical (unpaired) electrons. The molecule has 15 heavy (non-hydrogen) atoms. The van der Waals surface area contributed by atoms with Crippen LogP contribution in [0.4, 0.5) is 0 Å². The van der Waals surface area contributed by atoms with E-state index in [9.17, 15) is 4.79 Å². The molecule has 0 spiro atoms. The fraction of sp³-hybridized carbons (Fsp3) is 0.600. The van der Waals surface area contributed by atoms with Crippen LogP contribution in [0.5, 0.6) is 0 Å². The van der Waals surface area contributed by atoms with Gasteiger partial charge >= 0.3 is 5.97 Å². The second kappa shape index (κ2) is 4.28. The van der Waals surface area contributed by atoms with Gasteiger partial charge in [0.1, 0.15) is 4.88 Å². The van der Waals surface area contributed by atoms with Gasteiger partial charge < -0.3 is 9.84 Å². The first kappa shape index (κ1) is 10.6. The second-order valence-corrected chi connectivity index (χ2v) is 4.75. The Bertz CT molecular complexity index is 369. The highest BCUT2D eigenvalue weighted by molar-refractivity contribution is 7.13. The number of hydrogen-bond donors (Lipinski definition) is 1. The summed E-state index contributed by atoms with van der Waals surface area (Å²) in [5.74, 6) is -0.886. The number of rotatable bonds is 3. The number of aromatic nitrogens is 1. The van der Waals surface area contributed by atoms with E-state index in [2.05, 4.69) is 4.98 Å². The smallest absolute Gasteiger partial charge is 0.347 e. The highest BCUT2D eigenvalue weighted by Gasteiger charge is 2.20. The summed E-state index contributed by atoms with van der Waals surface area (Å²) in [5, 5.41) is 9.75. The third-order valence-electron chi connectivity index (χ3n) is 2.46. The Labute approximate surface area is 91.9 Å². The number of carboxylic acid groups (broad SMARTS) is 1. The zero-order valence-electron chi connectivity index (χ0n) is 8.52. The highest BCUT2D eigenvalue weighted by Crippen LogP contribution is 2.23. The van der Waals surface area contributed by atoms with Crippen LogP contribution in [-0.2, 0) is 11.2 Å². The Kier molecular flexibility index (Phi) is 3.02. The summed E-state index contributed by atoms with van der Waals surface area (Å²) >= 11 is 1.26. The Morgan fingerprint density at radius 2 is 2.53 bits per heavy atom. The normalized spacial score (nSPS) is 20.7. The molecule has 4 nitrogen and oxygen atoms in total. The standard InChI is InChI=1S/C10H13NO3S/c1-6-9(10(12)13)15-8(11-6)5-7-3-2-4-14-7/h7H,2-5H2,1H3,(H,12,13). The van der Waals surface area contributed by atoms with Crippen molar-refractivity contribution >= 4 is 17.3 Å². The van der Waals surface area contributed by atoms with Crippen LogP contribution in [0.25, 0.3) is 0 Å². The summed E-state index contributed by atoms with van der Waals surface area (Å²) in [6, 6.07) is 0. The lowest BCUT2D eigenvalue weighted by Gasteiger charge is -2.05. The van der Waals surface area contributed by atoms with Crippen LogP contribution in [-0.4, -0.2) is 28.8 Å². The van der Waals surface area contributed by atoms with Crippen molar-refractivity contribution in [2.75, 3.05) is 6.61 Å². The molecule has 0 bridgehead atoms. The summed E-state index contributed by atoms with van der Waals surface area (Å²) in [5.41, 5.74) is 0.612. The van der Waals surface area contributed by atoms with Gasteiger partial charge in [-0.25, -0.2) is 9.78 Å². The van der Waals surface area contributed by atoms with E-state index in [0.29, 0.717) is 10.6 Å². The fourth-order valence-corrected chi connectivity index (χ4v) is 2.71. The number of aromatic carboxylic acids is 1. The maximum Gasteiger partial charge on any atom is 0.347 e. The number of ether oxygens (including phenoxy) is 1. The van der Waals surface area contributed by atoms with E-state index in [4.69, 9.17) is 9.84 Å². The van der Waals surface area contributed by atoms with Gasteiger partial charge in [0.15, 0.2) is 0 Å². The molecule has 0 amide bonds. The van der Waals surface area contributed by atoms with Gasteiger partial charge in [0, 0.05) is 13.0 Å². The maximum atomic E-state index is 10.8. The van der Waals surface area contributed by atoms with E-state index in [0.717, 1.165) is 30.9 Å². The monoisotopic (exact) mass is 227 g/mol. The summed E-state index contributed by atoms with van der Waals surface area (Å²) in [7, 11) is 0. The lowest BCUT2D eigenvalue weighted by Crippen LogP contribution is -2.08. The molecule has 1 fully saturated rings. The van der Waals surface area contributed by atoms with Crippen LogP contribution in [0, 0.1) is 6.92 Å². The Morgan fingerprint density at radius 3 is 3.07 bits per heavy atom. The van der Waals surface area contributed by atoms with E-state index >= 15 is 0 Å². The van der Waals surface area contributed by atoms with Crippen LogP contribution in [0.15, 0.2) is 0 Å². The third kappa shape index (κ3) is 2.35. The number of hydrogen-bond acceptors (Lipinski definition) is 4. The van der Waals surface area contributed by atoms with Crippen molar-refractivity contribution in [2.45, 2.75) is 32.3 Å². The highest BCUT2D eigenvalue weighted by atomic mass is 32.1. The number of nitrogens with zero attached hydrogens (tertiary/aromatic N) is 1. The SMILES string of the molecule is Cc1nc(CC2CCCO2)sc1C(=O)O. The summed E-state index contributed by atoms with van der Waals surface area (Å²) in [6.07, 6.45) is 3.14. The quantitative estimate of drug-likeness (QED) is 0.856. The Hall–Kier alpha value is -0.940. The number of aryl methyl sites for hydroxylation is 1. The minimum atomic E-state index is -0.886. The first-order chi connectivity index (χ1) is 7.16. The zero-order chi connectivity index (χ0) is 10.8. The van der Waals surface area contributed by atoms with Crippen molar-refractivity contribution in [3.63, 3.8) is 0 Å². The zero-order valence-corrected chi connectivity index (χ0v) is 9.34. The predicted octanol–water partition coefficient (Wildman–Crippen LogP) is 1.87. The number of carbonyl (C=O) groups is 1. The first-order valence-electron chi connectivity index (χ1n) is 4.98. The molecule has 1 aromatic rings. The minimum Gasteiger partial charge on any atom is -0.477 e. The molecule has 1 saturated heterocycles. The molecule has 82 valence electrons. The Balaban J connectivity index is 2.08. The van der Waals surface area contributed by atoms with Crippen LogP contribution in [0.3, 0.4) is 0 Å². The molecule has 2 rings (SSSR count). The van der Waals surface area contributed by atoms with Gasteiger partial charge in [0.25, 0.3) is 0 Å². The topological polar surface area (TPSA) is 59.4 Å². The molecular weight excluding hydrogens is 214 g/mol. The van der Waals surface area contributed by atoms with Gasteiger partial charge in [0.2, 0.25) is 0 Å². The molecule has 2 heterocycles. The van der Waals surface area contributed by atoms with Crippen molar-refractivity contribution in [2.24, 2.45) is 0 Å². The van der Waals surface area contributed by atoms with Crippen molar-refractivity contribution in [3.8, 4) is 0 Å². The van der Waals surface area contributed by atoms with Crippen molar-refractivity contribution in [3.05, 3.63) is 15.6 Å². The average molecular weight is 227 g/mol. The van der Waals surface area contributed by atoms with Gasteiger partial charge in [-0.05, 0) is 19.8 Å². The van der Waals surface area contributed by atoms with Gasteiger partial charge in [-0.15, -0.1) is 11.3 Å². The number of carboxylic acids is 1.